The molecule has 8 nitrogen and oxygen atoms in total. The largest absolute Gasteiger partial charge is 0.494 e. The number of carbonyl (C=O) groups is 4. The Morgan fingerprint density at radius 1 is 1.00 bits per heavy atom. The summed E-state index contributed by atoms with van der Waals surface area (Å²) in [6.45, 7) is 1.24. The van der Waals surface area contributed by atoms with Gasteiger partial charge in [0.2, 0.25) is 11.8 Å². The van der Waals surface area contributed by atoms with E-state index in [9.17, 15) is 19.2 Å². The number of halogens is 1. The van der Waals surface area contributed by atoms with Crippen LogP contribution in [0.1, 0.15) is 65.7 Å². The zero-order valence-corrected chi connectivity index (χ0v) is 17.0. The van der Waals surface area contributed by atoms with Crippen molar-refractivity contribution in [2.24, 2.45) is 5.73 Å². The van der Waals surface area contributed by atoms with Crippen LogP contribution in [0.2, 0.25) is 0 Å². The van der Waals surface area contributed by atoms with Crippen molar-refractivity contribution in [3.8, 4) is 5.75 Å². The molecule has 3 N–H and O–H groups in total. The monoisotopic (exact) mass is 423 g/mol. The zero-order valence-electron chi connectivity index (χ0n) is 16.1. The summed E-state index contributed by atoms with van der Waals surface area (Å²) in [5, 5.41) is 2.18. The van der Waals surface area contributed by atoms with Crippen molar-refractivity contribution >= 4 is 36.0 Å². The number of piperidine rings is 1. The second-order valence-corrected chi connectivity index (χ2v) is 7.06. The second-order valence-electron chi connectivity index (χ2n) is 7.06. The number of ether oxygens (including phenoxy) is 1. The Morgan fingerprint density at radius 3 is 2.41 bits per heavy atom. The average molecular weight is 424 g/mol. The highest BCUT2D eigenvalue weighted by molar-refractivity contribution is 6.23. The fraction of sp³-hybridized carbons (Fsp3) is 0.500. The van der Waals surface area contributed by atoms with Gasteiger partial charge in [0.15, 0.2) is 0 Å². The van der Waals surface area contributed by atoms with Crippen molar-refractivity contribution in [2.45, 2.75) is 51.0 Å². The Balaban J connectivity index is 0.00000300. The molecule has 1 fully saturated rings. The maximum Gasteiger partial charge on any atom is 0.262 e. The van der Waals surface area contributed by atoms with Crippen molar-refractivity contribution in [2.75, 3.05) is 13.2 Å². The normalized spacial score (nSPS) is 18.4. The van der Waals surface area contributed by atoms with Gasteiger partial charge in [0.1, 0.15) is 11.8 Å². The summed E-state index contributed by atoms with van der Waals surface area (Å²) in [7, 11) is 0. The van der Waals surface area contributed by atoms with E-state index >= 15 is 0 Å². The summed E-state index contributed by atoms with van der Waals surface area (Å²) in [6.07, 6.45) is 5.45. The number of imide groups is 2. The Hall–Kier alpha value is -2.45. The van der Waals surface area contributed by atoms with E-state index in [4.69, 9.17) is 10.5 Å². The van der Waals surface area contributed by atoms with Crippen molar-refractivity contribution in [1.82, 2.24) is 10.2 Å². The van der Waals surface area contributed by atoms with E-state index in [1.165, 1.54) is 0 Å². The van der Waals surface area contributed by atoms with Crippen molar-refractivity contribution in [1.29, 1.82) is 0 Å². The number of hydrogen-bond acceptors (Lipinski definition) is 6. The third kappa shape index (κ3) is 5.13. The number of unbranched alkanes of at least 4 members (excludes halogenated alkanes) is 4. The minimum atomic E-state index is -0.956. The van der Waals surface area contributed by atoms with Gasteiger partial charge in [0.05, 0.1) is 17.7 Å². The molecule has 29 heavy (non-hydrogen) atoms. The highest BCUT2D eigenvalue weighted by atomic mass is 35.5. The molecule has 2 aliphatic rings. The maximum atomic E-state index is 12.7. The standard InChI is InChI=1S/C20H25N3O5.ClH/c21-10-4-2-1-3-5-11-28-13-6-7-14-15(12-13)20(27)23(19(14)26)16-8-9-17(24)22-18(16)25;/h6-7,12,16H,1-5,8-11,21H2,(H,22,24,25);1H. The molecule has 2 aliphatic heterocycles. The molecule has 0 aromatic heterocycles. The van der Waals surface area contributed by atoms with Gasteiger partial charge in [-0.2, -0.15) is 0 Å². The average Bonchev–Trinajstić information content (AvgIpc) is 2.92. The highest BCUT2D eigenvalue weighted by Gasteiger charge is 2.44. The molecule has 0 aliphatic carbocycles. The van der Waals surface area contributed by atoms with Crippen LogP contribution in [0.15, 0.2) is 18.2 Å². The van der Waals surface area contributed by atoms with Gasteiger partial charge in [0.25, 0.3) is 11.8 Å². The quantitative estimate of drug-likeness (QED) is 0.461. The van der Waals surface area contributed by atoms with Crippen molar-refractivity contribution < 1.29 is 23.9 Å². The second kappa shape index (κ2) is 10.4. The van der Waals surface area contributed by atoms with Gasteiger partial charge in [-0.25, -0.2) is 0 Å². The minimum Gasteiger partial charge on any atom is -0.494 e. The number of nitrogens with two attached hydrogens (primary N) is 1. The molecule has 0 bridgehead atoms. The Kier molecular flexibility index (Phi) is 8.16. The van der Waals surface area contributed by atoms with Crippen LogP contribution >= 0.6 is 12.4 Å². The lowest BCUT2D eigenvalue weighted by atomic mass is 10.0. The number of amides is 4. The topological polar surface area (TPSA) is 119 Å². The maximum absolute atomic E-state index is 12.7. The number of fused-ring (bicyclic) bond motifs is 1. The zero-order chi connectivity index (χ0) is 20.1. The molecular weight excluding hydrogens is 398 g/mol. The van der Waals surface area contributed by atoms with Crippen LogP contribution in [-0.2, 0) is 9.59 Å². The van der Waals surface area contributed by atoms with Crippen LogP contribution in [0.5, 0.6) is 5.75 Å². The number of nitrogens with zero attached hydrogens (tertiary/aromatic N) is 1. The number of benzene rings is 1. The number of hydrogen-bond donors (Lipinski definition) is 2. The first kappa shape index (κ1) is 22.8. The summed E-state index contributed by atoms with van der Waals surface area (Å²) >= 11 is 0. The van der Waals surface area contributed by atoms with Crippen LogP contribution in [0.3, 0.4) is 0 Å². The van der Waals surface area contributed by atoms with Crippen molar-refractivity contribution in [3.05, 3.63) is 29.3 Å². The molecule has 1 aromatic carbocycles. The van der Waals surface area contributed by atoms with E-state index in [2.05, 4.69) is 5.32 Å². The molecule has 158 valence electrons. The predicted molar refractivity (Wildman–Crippen MR) is 108 cm³/mol. The molecule has 4 amide bonds. The van der Waals surface area contributed by atoms with Gasteiger partial charge < -0.3 is 10.5 Å². The molecule has 3 rings (SSSR count). The molecule has 1 saturated heterocycles. The van der Waals surface area contributed by atoms with Crippen molar-refractivity contribution in [3.63, 3.8) is 0 Å². The molecule has 1 unspecified atom stereocenters. The summed E-state index contributed by atoms with van der Waals surface area (Å²) < 4.78 is 5.71. The molecule has 0 saturated carbocycles. The minimum absolute atomic E-state index is 0. The first-order valence-corrected chi connectivity index (χ1v) is 9.71. The smallest absolute Gasteiger partial charge is 0.262 e. The number of carbonyl (C=O) groups excluding carboxylic acids is 4. The van der Waals surface area contributed by atoms with Crippen LogP contribution < -0.4 is 15.8 Å². The van der Waals surface area contributed by atoms with Crippen LogP contribution in [0.4, 0.5) is 0 Å². The van der Waals surface area contributed by atoms with Crippen LogP contribution in [-0.4, -0.2) is 47.7 Å². The fourth-order valence-electron chi connectivity index (χ4n) is 3.51. The van der Waals surface area contributed by atoms with E-state index < -0.39 is 29.7 Å². The molecule has 0 radical (unpaired) electrons. The van der Waals surface area contributed by atoms with Gasteiger partial charge in [-0.05, 0) is 44.0 Å². The Labute approximate surface area is 175 Å². The molecule has 2 heterocycles. The highest BCUT2D eigenvalue weighted by Crippen LogP contribution is 2.30. The van der Waals surface area contributed by atoms with Gasteiger partial charge in [0, 0.05) is 6.42 Å². The number of rotatable bonds is 9. The Bertz CT molecular complexity index is 798. The third-order valence-electron chi connectivity index (χ3n) is 5.03. The number of nitrogens with one attached hydrogen (secondary N) is 1. The van der Waals surface area contributed by atoms with Gasteiger partial charge in [-0.15, -0.1) is 12.4 Å². The molecular formula is C20H26ClN3O5. The van der Waals surface area contributed by atoms with Gasteiger partial charge in [-0.3, -0.25) is 29.4 Å². The lowest BCUT2D eigenvalue weighted by Crippen LogP contribution is -2.54. The van der Waals surface area contributed by atoms with Crippen LogP contribution in [0.25, 0.3) is 0 Å². The fourth-order valence-corrected chi connectivity index (χ4v) is 3.51. The lowest BCUT2D eigenvalue weighted by molar-refractivity contribution is -0.136. The molecule has 0 spiro atoms. The molecule has 9 heteroatoms. The van der Waals surface area contributed by atoms with E-state index in [0.29, 0.717) is 18.9 Å². The lowest BCUT2D eigenvalue weighted by Gasteiger charge is -2.27. The Morgan fingerprint density at radius 2 is 1.69 bits per heavy atom. The summed E-state index contributed by atoms with van der Waals surface area (Å²) in [4.78, 5) is 49.7. The first-order chi connectivity index (χ1) is 13.5. The summed E-state index contributed by atoms with van der Waals surface area (Å²) in [5.74, 6) is -1.52. The van der Waals surface area contributed by atoms with Gasteiger partial charge in [-0.1, -0.05) is 19.3 Å². The van der Waals surface area contributed by atoms with E-state index in [0.717, 1.165) is 37.0 Å². The van der Waals surface area contributed by atoms with Crippen LogP contribution in [0, 0.1) is 0 Å². The summed E-state index contributed by atoms with van der Waals surface area (Å²) in [6, 6.07) is 3.81. The van der Waals surface area contributed by atoms with Gasteiger partial charge >= 0.3 is 0 Å². The van der Waals surface area contributed by atoms with E-state index in [1.807, 2.05) is 0 Å². The molecule has 1 aromatic rings. The molecule has 1 atom stereocenters. The third-order valence-corrected chi connectivity index (χ3v) is 5.03. The summed E-state index contributed by atoms with van der Waals surface area (Å²) in [5.41, 5.74) is 5.95. The van der Waals surface area contributed by atoms with E-state index in [-0.39, 0.29) is 36.4 Å². The van der Waals surface area contributed by atoms with E-state index in [1.54, 1.807) is 18.2 Å². The first-order valence-electron chi connectivity index (χ1n) is 9.71. The SMILES string of the molecule is Cl.NCCCCCCCOc1ccc2c(c1)C(=O)N(C1CCC(=O)NC1=O)C2=O. The predicted octanol–water partition coefficient (Wildman–Crippen LogP) is 1.80.